The van der Waals surface area contributed by atoms with Crippen LogP contribution in [-0.2, 0) is 14.8 Å². The lowest BCUT2D eigenvalue weighted by Crippen LogP contribution is -2.46. The van der Waals surface area contributed by atoms with Crippen molar-refractivity contribution in [1.29, 1.82) is 0 Å². The number of sulfonamides is 1. The zero-order valence-electron chi connectivity index (χ0n) is 18.1. The first-order valence-corrected chi connectivity index (χ1v) is 11.3. The van der Waals surface area contributed by atoms with E-state index in [0.717, 1.165) is 16.5 Å². The minimum atomic E-state index is -3.92. The van der Waals surface area contributed by atoms with Crippen LogP contribution in [0.5, 0.6) is 5.75 Å². The van der Waals surface area contributed by atoms with Gasteiger partial charge in [0.15, 0.2) is 0 Å². The van der Waals surface area contributed by atoms with Gasteiger partial charge in [0.1, 0.15) is 17.4 Å². The van der Waals surface area contributed by atoms with Crippen molar-refractivity contribution in [2.24, 2.45) is 5.92 Å². The SMILES string of the molecule is Cc1ccc(S(=O)(=O)N[C@H](C(=O)Oc2ccc3c(C)c(C)c(=O)oc3c2)C(C)C)cc1. The summed E-state index contributed by atoms with van der Waals surface area (Å²) < 4.78 is 38.6. The van der Waals surface area contributed by atoms with Crippen LogP contribution in [0.1, 0.15) is 30.5 Å². The number of hydrogen-bond donors (Lipinski definition) is 1. The van der Waals surface area contributed by atoms with Crippen LogP contribution >= 0.6 is 0 Å². The molecule has 0 aliphatic rings. The molecule has 0 saturated heterocycles. The number of nitrogens with one attached hydrogen (secondary N) is 1. The van der Waals surface area contributed by atoms with E-state index in [1.807, 2.05) is 13.8 Å². The van der Waals surface area contributed by atoms with Crippen LogP contribution in [0.15, 0.2) is 56.6 Å². The van der Waals surface area contributed by atoms with Crippen molar-refractivity contribution in [3.05, 3.63) is 69.6 Å². The van der Waals surface area contributed by atoms with Crippen molar-refractivity contribution in [2.75, 3.05) is 0 Å². The molecule has 0 unspecified atom stereocenters. The van der Waals surface area contributed by atoms with Gasteiger partial charge in [0, 0.05) is 17.0 Å². The summed E-state index contributed by atoms with van der Waals surface area (Å²) in [6.45, 7) is 8.79. The molecule has 1 heterocycles. The second-order valence-electron chi connectivity index (χ2n) is 7.87. The summed E-state index contributed by atoms with van der Waals surface area (Å²) >= 11 is 0. The quantitative estimate of drug-likeness (QED) is 0.355. The maximum absolute atomic E-state index is 12.8. The first-order chi connectivity index (χ1) is 14.5. The smallest absolute Gasteiger partial charge is 0.339 e. The molecule has 3 rings (SSSR count). The Balaban J connectivity index is 1.86. The number of esters is 1. The number of carbonyl (C=O) groups excluding carboxylic acids is 1. The van der Waals surface area contributed by atoms with E-state index in [4.69, 9.17) is 9.15 Å². The maximum atomic E-state index is 12.8. The van der Waals surface area contributed by atoms with E-state index < -0.39 is 27.7 Å². The summed E-state index contributed by atoms with van der Waals surface area (Å²) in [5.41, 5.74) is 2.06. The van der Waals surface area contributed by atoms with E-state index in [9.17, 15) is 18.0 Å². The molecule has 1 N–H and O–H groups in total. The van der Waals surface area contributed by atoms with Crippen molar-refractivity contribution in [3.63, 3.8) is 0 Å². The van der Waals surface area contributed by atoms with Gasteiger partial charge in [-0.15, -0.1) is 0 Å². The highest BCUT2D eigenvalue weighted by molar-refractivity contribution is 7.89. The highest BCUT2D eigenvalue weighted by Gasteiger charge is 2.30. The molecule has 0 aliphatic heterocycles. The Hall–Kier alpha value is -2.97. The van der Waals surface area contributed by atoms with Crippen LogP contribution in [0.2, 0.25) is 0 Å². The van der Waals surface area contributed by atoms with E-state index in [2.05, 4.69) is 4.72 Å². The zero-order valence-corrected chi connectivity index (χ0v) is 18.9. The Kier molecular flexibility index (Phi) is 6.33. The lowest BCUT2D eigenvalue weighted by Gasteiger charge is -2.21. The summed E-state index contributed by atoms with van der Waals surface area (Å²) in [5, 5.41) is 0.734. The predicted molar refractivity (Wildman–Crippen MR) is 118 cm³/mol. The topological polar surface area (TPSA) is 103 Å². The number of ether oxygens (including phenoxy) is 1. The fourth-order valence-corrected chi connectivity index (χ4v) is 4.41. The third-order valence-corrected chi connectivity index (χ3v) is 6.64. The third kappa shape index (κ3) is 4.86. The van der Waals surface area contributed by atoms with Crippen molar-refractivity contribution >= 4 is 27.0 Å². The average molecular weight is 444 g/mol. The van der Waals surface area contributed by atoms with Gasteiger partial charge >= 0.3 is 11.6 Å². The van der Waals surface area contributed by atoms with Crippen LogP contribution < -0.4 is 15.1 Å². The number of hydrogen-bond acceptors (Lipinski definition) is 6. The van der Waals surface area contributed by atoms with E-state index in [0.29, 0.717) is 11.1 Å². The largest absolute Gasteiger partial charge is 0.425 e. The number of fused-ring (bicyclic) bond motifs is 1. The number of aryl methyl sites for hydroxylation is 2. The van der Waals surface area contributed by atoms with Gasteiger partial charge < -0.3 is 9.15 Å². The predicted octanol–water partition coefficient (Wildman–Crippen LogP) is 3.63. The van der Waals surface area contributed by atoms with Crippen LogP contribution in [-0.4, -0.2) is 20.4 Å². The summed E-state index contributed by atoms with van der Waals surface area (Å²) in [6, 6.07) is 9.96. The molecule has 7 nitrogen and oxygen atoms in total. The van der Waals surface area contributed by atoms with Gasteiger partial charge in [-0.05, 0) is 56.5 Å². The Labute approximate surface area is 181 Å². The lowest BCUT2D eigenvalue weighted by atomic mass is 10.1. The molecular formula is C23H25NO6S. The normalized spacial score (nSPS) is 12.8. The second-order valence-corrected chi connectivity index (χ2v) is 9.59. The third-order valence-electron chi connectivity index (χ3n) is 5.18. The monoisotopic (exact) mass is 443 g/mol. The first kappa shape index (κ1) is 22.7. The maximum Gasteiger partial charge on any atom is 0.339 e. The van der Waals surface area contributed by atoms with Crippen molar-refractivity contribution in [3.8, 4) is 5.75 Å². The number of carbonyl (C=O) groups is 1. The Morgan fingerprint density at radius 3 is 2.26 bits per heavy atom. The van der Waals surface area contributed by atoms with Crippen molar-refractivity contribution in [2.45, 2.75) is 45.6 Å². The molecule has 0 radical (unpaired) electrons. The van der Waals surface area contributed by atoms with Gasteiger partial charge in [0.2, 0.25) is 10.0 Å². The van der Waals surface area contributed by atoms with E-state index in [1.54, 1.807) is 45.0 Å². The second kappa shape index (κ2) is 8.64. The molecule has 0 bridgehead atoms. The van der Waals surface area contributed by atoms with Crippen LogP contribution in [0, 0.1) is 26.7 Å². The minimum Gasteiger partial charge on any atom is -0.425 e. The van der Waals surface area contributed by atoms with Crippen molar-refractivity contribution in [1.82, 2.24) is 4.72 Å². The molecule has 164 valence electrons. The van der Waals surface area contributed by atoms with Gasteiger partial charge in [-0.1, -0.05) is 31.5 Å². The molecule has 3 aromatic rings. The molecular weight excluding hydrogens is 418 g/mol. The molecule has 2 aromatic carbocycles. The molecule has 0 spiro atoms. The van der Waals surface area contributed by atoms with Gasteiger partial charge in [0.25, 0.3) is 0 Å². The van der Waals surface area contributed by atoms with E-state index in [1.165, 1.54) is 18.2 Å². The van der Waals surface area contributed by atoms with E-state index in [-0.39, 0.29) is 16.6 Å². The molecule has 1 aromatic heterocycles. The molecule has 0 saturated carbocycles. The Morgan fingerprint density at radius 2 is 1.65 bits per heavy atom. The fraction of sp³-hybridized carbons (Fsp3) is 0.304. The van der Waals surface area contributed by atoms with Gasteiger partial charge in [0.05, 0.1) is 4.90 Å². The van der Waals surface area contributed by atoms with Crippen molar-refractivity contribution < 1.29 is 22.4 Å². The van der Waals surface area contributed by atoms with Gasteiger partial charge in [-0.25, -0.2) is 18.0 Å². The Bertz CT molecular complexity index is 1290. The summed E-state index contributed by atoms with van der Waals surface area (Å²) in [5.74, 6) is -0.962. The molecule has 1 atom stereocenters. The minimum absolute atomic E-state index is 0.0647. The summed E-state index contributed by atoms with van der Waals surface area (Å²) in [4.78, 5) is 24.8. The van der Waals surface area contributed by atoms with Gasteiger partial charge in [-0.3, -0.25) is 0 Å². The standard InChI is InChI=1S/C23H25NO6S/c1-13(2)21(24-31(27,28)18-9-6-14(3)7-10-18)23(26)29-17-8-11-19-15(4)16(5)22(25)30-20(19)12-17/h6-13,21,24H,1-5H3/t21-/m0/s1. The van der Waals surface area contributed by atoms with Gasteiger partial charge in [-0.2, -0.15) is 4.72 Å². The lowest BCUT2D eigenvalue weighted by molar-refractivity contribution is -0.137. The van der Waals surface area contributed by atoms with Crippen LogP contribution in [0.4, 0.5) is 0 Å². The molecule has 31 heavy (non-hydrogen) atoms. The molecule has 0 amide bonds. The van der Waals surface area contributed by atoms with Crippen LogP contribution in [0.25, 0.3) is 11.0 Å². The summed E-state index contributed by atoms with van der Waals surface area (Å²) in [7, 11) is -3.92. The molecule has 0 aliphatic carbocycles. The number of benzene rings is 2. The Morgan fingerprint density at radius 1 is 1.00 bits per heavy atom. The highest BCUT2D eigenvalue weighted by atomic mass is 32.2. The zero-order chi connectivity index (χ0) is 22.9. The highest BCUT2D eigenvalue weighted by Crippen LogP contribution is 2.24. The van der Waals surface area contributed by atoms with E-state index >= 15 is 0 Å². The average Bonchev–Trinajstić information content (AvgIpc) is 2.70. The fourth-order valence-electron chi connectivity index (χ4n) is 3.08. The first-order valence-electron chi connectivity index (χ1n) is 9.84. The molecule has 8 heteroatoms. The molecule has 0 fully saturated rings. The van der Waals surface area contributed by atoms with Crippen LogP contribution in [0.3, 0.4) is 0 Å². The number of rotatable bonds is 6. The summed E-state index contributed by atoms with van der Waals surface area (Å²) in [6.07, 6.45) is 0.